The molecule has 11 nitrogen and oxygen atoms in total. The van der Waals surface area contributed by atoms with E-state index in [1.165, 1.54) is 0 Å². The maximum absolute atomic E-state index is 9.48. The molecule has 0 spiro atoms. The van der Waals surface area contributed by atoms with E-state index < -0.39 is 0 Å². The van der Waals surface area contributed by atoms with Crippen LogP contribution in [-0.2, 0) is 19.7 Å². The standard InChI is InChI=1S/C18H19N9O2/c28-4-3-25-10-13(6-20-25)15-8-19-17-18(22-15)27(24-23-17)9-12-1-2-26-16(5-12)14(11-29)7-21-26/h1-2,5-8,10,24,28-29H,3-4,9,11H2,(H,19,23). The molecule has 0 saturated heterocycles. The molecular weight excluding hydrogens is 374 g/mol. The van der Waals surface area contributed by atoms with Gasteiger partial charge in [-0.1, -0.05) is 0 Å². The van der Waals surface area contributed by atoms with E-state index in [1.54, 1.807) is 27.8 Å². The first-order valence-corrected chi connectivity index (χ1v) is 9.11. The van der Waals surface area contributed by atoms with E-state index in [0.717, 1.165) is 22.2 Å². The molecule has 0 fully saturated rings. The Balaban J connectivity index is 1.42. The van der Waals surface area contributed by atoms with Gasteiger partial charge >= 0.3 is 0 Å². The fourth-order valence-electron chi connectivity index (χ4n) is 3.28. The predicted octanol–water partition coefficient (Wildman–Crippen LogP) is 0.324. The highest BCUT2D eigenvalue weighted by molar-refractivity contribution is 5.69. The maximum atomic E-state index is 9.48. The van der Waals surface area contributed by atoms with Crippen molar-refractivity contribution in [3.05, 3.63) is 54.2 Å². The molecule has 0 amide bonds. The normalized spacial score (nSPS) is 13.1. The summed E-state index contributed by atoms with van der Waals surface area (Å²) in [7, 11) is 0. The summed E-state index contributed by atoms with van der Waals surface area (Å²) < 4.78 is 3.40. The molecule has 1 aliphatic rings. The Labute approximate surface area is 165 Å². The number of hydrazine groups is 2. The zero-order valence-corrected chi connectivity index (χ0v) is 15.4. The van der Waals surface area contributed by atoms with Gasteiger partial charge in [0.05, 0.1) is 56.1 Å². The minimum atomic E-state index is -0.0574. The van der Waals surface area contributed by atoms with Crippen LogP contribution in [-0.4, -0.2) is 46.2 Å². The Kier molecular flexibility index (Phi) is 4.31. The van der Waals surface area contributed by atoms with Crippen LogP contribution in [0, 0.1) is 0 Å². The van der Waals surface area contributed by atoms with Crippen molar-refractivity contribution >= 4 is 17.2 Å². The summed E-state index contributed by atoms with van der Waals surface area (Å²) in [4.78, 5) is 9.17. The van der Waals surface area contributed by atoms with E-state index in [1.807, 2.05) is 29.5 Å². The summed E-state index contributed by atoms with van der Waals surface area (Å²) in [5.74, 6) is 1.31. The molecule has 148 valence electrons. The van der Waals surface area contributed by atoms with E-state index in [-0.39, 0.29) is 13.2 Å². The summed E-state index contributed by atoms with van der Waals surface area (Å²) in [6, 6.07) is 3.96. The molecular formula is C18H19N9O2. The number of aromatic nitrogens is 6. The van der Waals surface area contributed by atoms with Gasteiger partial charge in [0.1, 0.15) is 0 Å². The van der Waals surface area contributed by atoms with Gasteiger partial charge in [-0.3, -0.25) is 15.1 Å². The molecule has 11 heteroatoms. The van der Waals surface area contributed by atoms with Crippen molar-refractivity contribution in [1.29, 1.82) is 0 Å². The third-order valence-electron chi connectivity index (χ3n) is 4.75. The van der Waals surface area contributed by atoms with Crippen molar-refractivity contribution in [1.82, 2.24) is 34.9 Å². The summed E-state index contributed by atoms with van der Waals surface area (Å²) in [5.41, 5.74) is 10.3. The Bertz CT molecular complexity index is 1170. The average molecular weight is 393 g/mol. The van der Waals surface area contributed by atoms with Gasteiger partial charge in [-0.25, -0.2) is 14.5 Å². The molecule has 0 aliphatic carbocycles. The number of aliphatic hydroxyl groups excluding tert-OH is 2. The molecule has 5 rings (SSSR count). The highest BCUT2D eigenvalue weighted by Gasteiger charge is 2.23. The number of anilines is 2. The molecule has 1 aliphatic heterocycles. The van der Waals surface area contributed by atoms with Crippen molar-refractivity contribution in [2.45, 2.75) is 19.7 Å². The molecule has 0 atom stereocenters. The highest BCUT2D eigenvalue weighted by atomic mass is 16.3. The topological polar surface area (TPSA) is 129 Å². The highest BCUT2D eigenvalue weighted by Crippen LogP contribution is 2.29. The zero-order chi connectivity index (χ0) is 19.8. The number of nitrogens with one attached hydrogen (secondary N) is 2. The first kappa shape index (κ1) is 17.6. The Hall–Kier alpha value is -3.54. The molecule has 5 heterocycles. The van der Waals surface area contributed by atoms with E-state index >= 15 is 0 Å². The molecule has 29 heavy (non-hydrogen) atoms. The van der Waals surface area contributed by atoms with Crippen LogP contribution in [0.5, 0.6) is 0 Å². The van der Waals surface area contributed by atoms with E-state index in [4.69, 9.17) is 10.1 Å². The second-order valence-electron chi connectivity index (χ2n) is 6.66. The minimum absolute atomic E-state index is 0.0259. The monoisotopic (exact) mass is 393 g/mol. The fourth-order valence-corrected chi connectivity index (χ4v) is 3.28. The van der Waals surface area contributed by atoms with Gasteiger partial charge in [0.15, 0.2) is 11.6 Å². The van der Waals surface area contributed by atoms with Gasteiger partial charge in [0.2, 0.25) is 0 Å². The third-order valence-corrected chi connectivity index (χ3v) is 4.75. The van der Waals surface area contributed by atoms with Gasteiger partial charge in [-0.05, 0) is 17.7 Å². The van der Waals surface area contributed by atoms with Crippen LogP contribution in [0.25, 0.3) is 16.8 Å². The third kappa shape index (κ3) is 3.16. The number of aliphatic hydroxyl groups is 2. The number of rotatable bonds is 6. The first-order valence-electron chi connectivity index (χ1n) is 9.11. The second-order valence-corrected chi connectivity index (χ2v) is 6.66. The van der Waals surface area contributed by atoms with Crippen LogP contribution in [0.3, 0.4) is 0 Å². The molecule has 0 saturated carbocycles. The molecule has 0 unspecified atom stereocenters. The van der Waals surface area contributed by atoms with E-state index in [2.05, 4.69) is 26.1 Å². The summed E-state index contributed by atoms with van der Waals surface area (Å²) in [6.45, 7) is 0.936. The number of pyridine rings is 1. The summed E-state index contributed by atoms with van der Waals surface area (Å²) in [6.07, 6.45) is 8.75. The SMILES string of the molecule is OCCn1cc(-c2cnc3c(n2)N(Cc2ccn4ncc(CO)c4c2)NN3)cn1. The lowest BCUT2D eigenvalue weighted by Gasteiger charge is -2.17. The lowest BCUT2D eigenvalue weighted by Crippen LogP contribution is -2.35. The van der Waals surface area contributed by atoms with Crippen molar-refractivity contribution in [2.24, 2.45) is 0 Å². The van der Waals surface area contributed by atoms with Gasteiger partial charge in [0, 0.05) is 23.5 Å². The second kappa shape index (κ2) is 7.13. The van der Waals surface area contributed by atoms with Gasteiger partial charge in [-0.2, -0.15) is 10.2 Å². The lowest BCUT2D eigenvalue weighted by atomic mass is 10.2. The molecule has 4 aromatic heterocycles. The lowest BCUT2D eigenvalue weighted by molar-refractivity contribution is 0.269. The van der Waals surface area contributed by atoms with Crippen molar-refractivity contribution < 1.29 is 10.2 Å². The number of fused-ring (bicyclic) bond motifs is 2. The van der Waals surface area contributed by atoms with Crippen molar-refractivity contribution in [3.63, 3.8) is 0 Å². The van der Waals surface area contributed by atoms with Gasteiger partial charge < -0.3 is 10.2 Å². The number of hydrogen-bond acceptors (Lipinski definition) is 9. The summed E-state index contributed by atoms with van der Waals surface area (Å²) in [5, 5.41) is 28.8. The largest absolute Gasteiger partial charge is 0.394 e. The quantitative estimate of drug-likeness (QED) is 0.366. The molecule has 4 N–H and O–H groups in total. The van der Waals surface area contributed by atoms with E-state index in [9.17, 15) is 5.11 Å². The maximum Gasteiger partial charge on any atom is 0.190 e. The molecule has 0 aromatic carbocycles. The smallest absolute Gasteiger partial charge is 0.190 e. The average Bonchev–Trinajstić information content (AvgIpc) is 3.46. The van der Waals surface area contributed by atoms with Crippen LogP contribution in [0.15, 0.2) is 43.1 Å². The summed E-state index contributed by atoms with van der Waals surface area (Å²) >= 11 is 0. The van der Waals surface area contributed by atoms with Crippen LogP contribution in [0.4, 0.5) is 11.6 Å². The molecule has 0 radical (unpaired) electrons. The van der Waals surface area contributed by atoms with Crippen LogP contribution in [0.2, 0.25) is 0 Å². The Morgan fingerprint density at radius 2 is 2.03 bits per heavy atom. The van der Waals surface area contributed by atoms with Crippen LogP contribution in [0.1, 0.15) is 11.1 Å². The van der Waals surface area contributed by atoms with Gasteiger partial charge in [-0.15, -0.1) is 5.53 Å². The Morgan fingerprint density at radius 3 is 2.90 bits per heavy atom. The number of nitrogens with zero attached hydrogens (tertiary/aromatic N) is 7. The first-order chi connectivity index (χ1) is 14.2. The number of hydrogen-bond donors (Lipinski definition) is 4. The zero-order valence-electron chi connectivity index (χ0n) is 15.4. The van der Waals surface area contributed by atoms with E-state index in [0.29, 0.717) is 30.4 Å². The minimum Gasteiger partial charge on any atom is -0.394 e. The van der Waals surface area contributed by atoms with Crippen molar-refractivity contribution in [3.8, 4) is 11.3 Å². The molecule has 0 bridgehead atoms. The fraction of sp³-hybridized carbons (Fsp3) is 0.222. The predicted molar refractivity (Wildman–Crippen MR) is 104 cm³/mol. The van der Waals surface area contributed by atoms with Gasteiger partial charge in [0.25, 0.3) is 0 Å². The van der Waals surface area contributed by atoms with Crippen LogP contribution < -0.4 is 16.0 Å². The van der Waals surface area contributed by atoms with Crippen molar-refractivity contribution in [2.75, 3.05) is 17.0 Å². The molecule has 4 aromatic rings. The van der Waals surface area contributed by atoms with Crippen LogP contribution >= 0.6 is 0 Å². The Morgan fingerprint density at radius 1 is 1.10 bits per heavy atom.